The van der Waals surface area contributed by atoms with Gasteiger partial charge in [0.1, 0.15) is 25.3 Å². The van der Waals surface area contributed by atoms with Gasteiger partial charge in [0, 0.05) is 18.8 Å². The summed E-state index contributed by atoms with van der Waals surface area (Å²) in [5.74, 6) is -0.110. The van der Waals surface area contributed by atoms with Crippen LogP contribution in [0.5, 0.6) is 0 Å². The molecule has 0 aliphatic carbocycles. The smallest absolute Gasteiger partial charge is 0.279 e. The van der Waals surface area contributed by atoms with Crippen molar-refractivity contribution in [1.29, 1.82) is 0 Å². The van der Waals surface area contributed by atoms with Gasteiger partial charge in [-0.15, -0.1) is 0 Å². The van der Waals surface area contributed by atoms with E-state index in [1.165, 1.54) is 4.90 Å². The molecule has 0 radical (unpaired) electrons. The number of nitrogens with one attached hydrogen (secondary N) is 2. The van der Waals surface area contributed by atoms with Crippen molar-refractivity contribution in [1.82, 2.24) is 4.31 Å². The highest BCUT2D eigenvalue weighted by molar-refractivity contribution is 7.89. The maximum Gasteiger partial charge on any atom is 0.279 e. The highest BCUT2D eigenvalue weighted by atomic mass is 32.2. The number of morpholine rings is 1. The van der Waals surface area contributed by atoms with E-state index in [9.17, 15) is 13.2 Å². The van der Waals surface area contributed by atoms with Gasteiger partial charge >= 0.3 is 0 Å². The molecule has 1 amide bonds. The summed E-state index contributed by atoms with van der Waals surface area (Å²) in [5.41, 5.74) is 1.23. The summed E-state index contributed by atoms with van der Waals surface area (Å²) in [6.45, 7) is 8.89. The van der Waals surface area contributed by atoms with Crippen LogP contribution in [-0.4, -0.2) is 63.6 Å². The van der Waals surface area contributed by atoms with Gasteiger partial charge in [0.25, 0.3) is 5.91 Å². The predicted octanol–water partition coefficient (Wildman–Crippen LogP) is 0.800. The Balaban J connectivity index is 1.69. The molecule has 156 valence electrons. The molecule has 8 heteroatoms. The van der Waals surface area contributed by atoms with Gasteiger partial charge in [0.05, 0.1) is 4.90 Å². The van der Waals surface area contributed by atoms with E-state index in [2.05, 4.69) is 5.32 Å². The number of carbonyl (C=O) groups excluding carboxylic acids is 1. The van der Waals surface area contributed by atoms with Crippen molar-refractivity contribution >= 4 is 21.6 Å². The van der Waals surface area contributed by atoms with Crippen LogP contribution in [0.1, 0.15) is 38.7 Å². The molecule has 2 saturated heterocycles. The lowest BCUT2D eigenvalue weighted by Crippen LogP contribution is -3.16. The Hall–Kier alpha value is -1.48. The minimum atomic E-state index is -3.53. The lowest BCUT2D eigenvalue weighted by atomic mass is 10.2. The molecule has 2 aliphatic rings. The van der Waals surface area contributed by atoms with Crippen LogP contribution in [0.3, 0.4) is 0 Å². The van der Waals surface area contributed by atoms with Crippen LogP contribution in [-0.2, 0) is 19.6 Å². The summed E-state index contributed by atoms with van der Waals surface area (Å²) in [6.07, 6.45) is 3.13. The molecular formula is C20H32N3O4S+. The number of rotatable bonds is 5. The second-order valence-electron chi connectivity index (χ2n) is 8.09. The monoisotopic (exact) mass is 410 g/mol. The minimum absolute atomic E-state index is 0.110. The van der Waals surface area contributed by atoms with Gasteiger partial charge < -0.3 is 15.0 Å². The summed E-state index contributed by atoms with van der Waals surface area (Å²) in [5, 5.41) is 2.88. The van der Waals surface area contributed by atoms with Gasteiger partial charge in [0.15, 0.2) is 6.54 Å². The molecule has 2 aliphatic heterocycles. The zero-order valence-electron chi connectivity index (χ0n) is 17.0. The molecule has 2 N–H and O–H groups in total. The van der Waals surface area contributed by atoms with Gasteiger partial charge in [-0.2, -0.15) is 4.31 Å². The zero-order chi connectivity index (χ0) is 20.3. The van der Waals surface area contributed by atoms with Crippen molar-refractivity contribution in [3.8, 4) is 0 Å². The Morgan fingerprint density at radius 1 is 1.18 bits per heavy atom. The molecule has 2 fully saturated rings. The fourth-order valence-corrected chi connectivity index (χ4v) is 5.93. The van der Waals surface area contributed by atoms with Gasteiger partial charge in [-0.1, -0.05) is 12.5 Å². The molecular weight excluding hydrogens is 378 g/mol. The molecule has 1 aromatic carbocycles. The fraction of sp³-hybridized carbons (Fsp3) is 0.650. The quantitative estimate of drug-likeness (QED) is 0.753. The van der Waals surface area contributed by atoms with E-state index in [4.69, 9.17) is 4.74 Å². The first kappa shape index (κ1) is 21.2. The summed E-state index contributed by atoms with van der Waals surface area (Å²) in [6, 6.07) is 5.12. The Morgan fingerprint density at radius 2 is 1.82 bits per heavy atom. The van der Waals surface area contributed by atoms with Gasteiger partial charge in [-0.25, -0.2) is 8.42 Å². The summed E-state index contributed by atoms with van der Waals surface area (Å²) >= 11 is 0. The van der Waals surface area contributed by atoms with Crippen molar-refractivity contribution in [2.75, 3.05) is 38.0 Å². The largest absolute Gasteiger partial charge is 0.364 e. The number of carbonyl (C=O) groups is 1. The number of hydrogen-bond donors (Lipinski definition) is 2. The lowest BCUT2D eigenvalue weighted by Gasteiger charge is -2.31. The molecule has 2 atom stereocenters. The maximum absolute atomic E-state index is 13.0. The third-order valence-corrected chi connectivity index (χ3v) is 7.47. The maximum atomic E-state index is 13.0. The summed E-state index contributed by atoms with van der Waals surface area (Å²) < 4.78 is 33.3. The third-order valence-electron chi connectivity index (χ3n) is 5.43. The number of anilines is 1. The predicted molar refractivity (Wildman–Crippen MR) is 108 cm³/mol. The van der Waals surface area contributed by atoms with E-state index in [-0.39, 0.29) is 23.0 Å². The van der Waals surface area contributed by atoms with E-state index in [0.717, 1.165) is 32.4 Å². The van der Waals surface area contributed by atoms with Crippen LogP contribution in [0.15, 0.2) is 23.1 Å². The zero-order valence-corrected chi connectivity index (χ0v) is 17.8. The number of amides is 1. The molecule has 28 heavy (non-hydrogen) atoms. The van der Waals surface area contributed by atoms with E-state index in [1.54, 1.807) is 29.4 Å². The third kappa shape index (κ3) is 5.11. The standard InChI is InChI=1S/C20H31N3O4S/c1-15-7-8-18(11-19(15)28(25,26)23-9-5-4-6-10-23)21-20(24)14-22-12-16(2)27-17(3)13-22/h7-8,11,16-17H,4-6,9-10,12-14H2,1-3H3,(H,21,24)/p+1/t16-,17-/m1/s1. The molecule has 0 saturated carbocycles. The van der Waals surface area contributed by atoms with Gasteiger partial charge in [-0.05, 0) is 51.3 Å². The number of quaternary nitrogens is 1. The van der Waals surface area contributed by atoms with E-state index >= 15 is 0 Å². The Labute approximate surface area is 168 Å². The number of aryl methyl sites for hydroxylation is 1. The molecule has 2 heterocycles. The molecule has 0 spiro atoms. The second-order valence-corrected chi connectivity index (χ2v) is 9.99. The average molecular weight is 411 g/mol. The fourth-order valence-electron chi connectivity index (χ4n) is 4.17. The van der Waals surface area contributed by atoms with Crippen LogP contribution in [0.25, 0.3) is 0 Å². The number of piperidine rings is 1. The van der Waals surface area contributed by atoms with Crippen LogP contribution < -0.4 is 10.2 Å². The average Bonchev–Trinajstić information content (AvgIpc) is 2.63. The van der Waals surface area contributed by atoms with Crippen molar-refractivity contribution in [2.24, 2.45) is 0 Å². The summed E-state index contributed by atoms with van der Waals surface area (Å²) in [4.78, 5) is 14.0. The van der Waals surface area contributed by atoms with Crippen molar-refractivity contribution < 1.29 is 22.8 Å². The molecule has 0 unspecified atom stereocenters. The van der Waals surface area contributed by atoms with Crippen LogP contribution >= 0.6 is 0 Å². The molecule has 1 aromatic rings. The number of ether oxygens (including phenoxy) is 1. The van der Waals surface area contributed by atoms with Gasteiger partial charge in [-0.3, -0.25) is 4.79 Å². The first-order chi connectivity index (χ1) is 13.3. The highest BCUT2D eigenvalue weighted by Gasteiger charge is 2.29. The Morgan fingerprint density at radius 3 is 2.46 bits per heavy atom. The highest BCUT2D eigenvalue weighted by Crippen LogP contribution is 2.26. The van der Waals surface area contributed by atoms with Gasteiger partial charge in [0.2, 0.25) is 10.0 Å². The Bertz CT molecular complexity index is 796. The van der Waals surface area contributed by atoms with Crippen molar-refractivity contribution in [3.05, 3.63) is 23.8 Å². The first-order valence-corrected chi connectivity index (χ1v) is 11.6. The number of benzene rings is 1. The number of nitrogens with zero attached hydrogens (tertiary/aromatic N) is 1. The normalized spacial score (nSPS) is 26.8. The SMILES string of the molecule is Cc1ccc(NC(=O)C[NH+]2C[C@@H](C)O[C@H](C)C2)cc1S(=O)(=O)N1CCCCC1. The van der Waals surface area contributed by atoms with E-state index in [0.29, 0.717) is 30.9 Å². The molecule has 0 bridgehead atoms. The summed E-state index contributed by atoms with van der Waals surface area (Å²) in [7, 11) is -3.53. The second kappa shape index (κ2) is 8.90. The molecule has 7 nitrogen and oxygen atoms in total. The molecule has 3 rings (SSSR count). The van der Waals surface area contributed by atoms with Crippen molar-refractivity contribution in [2.45, 2.75) is 57.1 Å². The van der Waals surface area contributed by atoms with E-state index < -0.39 is 10.0 Å². The first-order valence-electron chi connectivity index (χ1n) is 10.2. The lowest BCUT2D eigenvalue weighted by molar-refractivity contribution is -0.907. The number of hydrogen-bond acceptors (Lipinski definition) is 4. The van der Waals surface area contributed by atoms with Crippen LogP contribution in [0, 0.1) is 6.92 Å². The number of sulfonamides is 1. The Kier molecular flexibility index (Phi) is 6.75. The van der Waals surface area contributed by atoms with Crippen molar-refractivity contribution in [3.63, 3.8) is 0 Å². The topological polar surface area (TPSA) is 80.1 Å². The minimum Gasteiger partial charge on any atom is -0.364 e. The molecule has 0 aromatic heterocycles. The van der Waals surface area contributed by atoms with E-state index in [1.807, 2.05) is 13.8 Å². The van der Waals surface area contributed by atoms with Crippen LogP contribution in [0.4, 0.5) is 5.69 Å². The van der Waals surface area contributed by atoms with Crippen LogP contribution in [0.2, 0.25) is 0 Å².